The van der Waals surface area contributed by atoms with Gasteiger partial charge >= 0.3 is 0 Å². The van der Waals surface area contributed by atoms with Crippen molar-refractivity contribution in [2.75, 3.05) is 0 Å². The molecule has 0 radical (unpaired) electrons. The van der Waals surface area contributed by atoms with Crippen LogP contribution in [0.3, 0.4) is 0 Å². The van der Waals surface area contributed by atoms with E-state index in [0.717, 1.165) is 5.75 Å². The number of imidazole rings is 1. The van der Waals surface area contributed by atoms with E-state index in [-0.39, 0.29) is 11.9 Å². The second-order valence-corrected chi connectivity index (χ2v) is 5.58. The van der Waals surface area contributed by atoms with E-state index in [4.69, 9.17) is 4.74 Å². The molecule has 0 aliphatic carbocycles. The van der Waals surface area contributed by atoms with Crippen molar-refractivity contribution in [2.45, 2.75) is 19.5 Å². The topological polar surface area (TPSA) is 56.2 Å². The average molecular weight is 321 g/mol. The van der Waals surface area contributed by atoms with E-state index in [0.29, 0.717) is 17.9 Å². The number of ether oxygens (including phenoxy) is 1. The summed E-state index contributed by atoms with van der Waals surface area (Å²) in [7, 11) is 0. The maximum atomic E-state index is 12.4. The molecule has 3 rings (SSSR count). The fourth-order valence-electron chi connectivity index (χ4n) is 2.39. The van der Waals surface area contributed by atoms with Crippen LogP contribution in [0.4, 0.5) is 0 Å². The van der Waals surface area contributed by atoms with Crippen molar-refractivity contribution in [3.05, 3.63) is 78.9 Å². The van der Waals surface area contributed by atoms with E-state index in [2.05, 4.69) is 10.3 Å². The van der Waals surface area contributed by atoms with Crippen LogP contribution in [0.25, 0.3) is 0 Å². The molecule has 0 fully saturated rings. The number of nitrogens with one attached hydrogen (secondary N) is 1. The molecule has 1 aromatic heterocycles. The summed E-state index contributed by atoms with van der Waals surface area (Å²) in [6, 6.07) is 16.6. The summed E-state index contributed by atoms with van der Waals surface area (Å²) < 4.78 is 7.70. The van der Waals surface area contributed by atoms with E-state index >= 15 is 0 Å². The highest BCUT2D eigenvalue weighted by atomic mass is 16.5. The second kappa shape index (κ2) is 7.46. The van der Waals surface area contributed by atoms with Crippen LogP contribution in [0, 0.1) is 0 Å². The number of para-hydroxylation sites is 1. The van der Waals surface area contributed by atoms with Crippen molar-refractivity contribution in [1.29, 1.82) is 0 Å². The van der Waals surface area contributed by atoms with Crippen LogP contribution in [-0.4, -0.2) is 21.5 Å². The summed E-state index contributed by atoms with van der Waals surface area (Å²) in [5, 5.41) is 2.98. The van der Waals surface area contributed by atoms with Crippen LogP contribution in [0.2, 0.25) is 0 Å². The molecule has 1 unspecified atom stereocenters. The zero-order valence-corrected chi connectivity index (χ0v) is 13.4. The van der Waals surface area contributed by atoms with Gasteiger partial charge in [0.15, 0.2) is 0 Å². The first-order valence-electron chi connectivity index (χ1n) is 7.80. The van der Waals surface area contributed by atoms with Gasteiger partial charge in [-0.3, -0.25) is 4.79 Å². The third-order valence-corrected chi connectivity index (χ3v) is 3.50. The first-order chi connectivity index (χ1) is 11.7. The number of hydrogen-bond acceptors (Lipinski definition) is 3. The summed E-state index contributed by atoms with van der Waals surface area (Å²) >= 11 is 0. The number of nitrogens with zero attached hydrogens (tertiary/aromatic N) is 2. The monoisotopic (exact) mass is 321 g/mol. The van der Waals surface area contributed by atoms with Gasteiger partial charge in [0.05, 0.1) is 6.33 Å². The molecule has 1 heterocycles. The number of carbonyl (C=O) groups excluding carboxylic acids is 1. The van der Waals surface area contributed by atoms with Crippen molar-refractivity contribution in [1.82, 2.24) is 14.9 Å². The fraction of sp³-hybridized carbons (Fsp3) is 0.158. The predicted octanol–water partition coefficient (Wildman–Crippen LogP) is 3.49. The lowest BCUT2D eigenvalue weighted by atomic mass is 10.2. The van der Waals surface area contributed by atoms with E-state index in [1.807, 2.05) is 60.2 Å². The SMILES string of the molecule is CC(Cn1ccnc1)NC(=O)c1cccc(Oc2ccccc2)c1. The van der Waals surface area contributed by atoms with Crippen LogP contribution < -0.4 is 10.1 Å². The molecule has 0 saturated carbocycles. The van der Waals surface area contributed by atoms with E-state index in [1.165, 1.54) is 0 Å². The Morgan fingerprint density at radius 3 is 2.71 bits per heavy atom. The molecule has 122 valence electrons. The molecule has 0 spiro atoms. The molecule has 1 N–H and O–H groups in total. The normalized spacial score (nSPS) is 11.7. The molecule has 24 heavy (non-hydrogen) atoms. The standard InChI is InChI=1S/C19H19N3O2/c1-15(13-22-11-10-20-14-22)21-19(23)16-6-5-9-18(12-16)24-17-7-3-2-4-8-17/h2-12,14-15H,13H2,1H3,(H,21,23). The fourth-order valence-corrected chi connectivity index (χ4v) is 2.39. The lowest BCUT2D eigenvalue weighted by Crippen LogP contribution is -2.35. The quantitative estimate of drug-likeness (QED) is 0.756. The van der Waals surface area contributed by atoms with Gasteiger partial charge in [-0.05, 0) is 37.3 Å². The number of aromatic nitrogens is 2. The van der Waals surface area contributed by atoms with E-state index in [9.17, 15) is 4.79 Å². The molecule has 0 aliphatic heterocycles. The lowest BCUT2D eigenvalue weighted by Gasteiger charge is -2.15. The van der Waals surface area contributed by atoms with Gasteiger partial charge in [0.1, 0.15) is 11.5 Å². The highest BCUT2D eigenvalue weighted by Gasteiger charge is 2.11. The number of rotatable bonds is 6. The predicted molar refractivity (Wildman–Crippen MR) is 92.1 cm³/mol. The zero-order valence-electron chi connectivity index (χ0n) is 13.4. The Morgan fingerprint density at radius 1 is 1.17 bits per heavy atom. The van der Waals surface area contributed by atoms with Crippen molar-refractivity contribution in [3.63, 3.8) is 0 Å². The van der Waals surface area contributed by atoms with Crippen LogP contribution in [-0.2, 0) is 6.54 Å². The first-order valence-corrected chi connectivity index (χ1v) is 7.80. The van der Waals surface area contributed by atoms with Gasteiger partial charge in [-0.1, -0.05) is 24.3 Å². The molecule has 5 heteroatoms. The van der Waals surface area contributed by atoms with Crippen LogP contribution in [0.15, 0.2) is 73.3 Å². The third-order valence-electron chi connectivity index (χ3n) is 3.50. The Balaban J connectivity index is 1.63. The van der Waals surface area contributed by atoms with Crippen LogP contribution in [0.1, 0.15) is 17.3 Å². The summed E-state index contributed by atoms with van der Waals surface area (Å²) in [5.41, 5.74) is 0.570. The third kappa shape index (κ3) is 4.23. The molecule has 0 aliphatic rings. The molecule has 2 aromatic carbocycles. The largest absolute Gasteiger partial charge is 0.457 e. The highest BCUT2D eigenvalue weighted by Crippen LogP contribution is 2.21. The molecule has 1 amide bonds. The average Bonchev–Trinajstić information content (AvgIpc) is 3.09. The Hall–Kier alpha value is -3.08. The summed E-state index contributed by atoms with van der Waals surface area (Å²) in [6.07, 6.45) is 5.33. The maximum absolute atomic E-state index is 12.4. The maximum Gasteiger partial charge on any atom is 0.251 e. The molecular weight excluding hydrogens is 302 g/mol. The van der Waals surface area contributed by atoms with Crippen molar-refractivity contribution in [3.8, 4) is 11.5 Å². The molecule has 0 bridgehead atoms. The van der Waals surface area contributed by atoms with Crippen LogP contribution in [0.5, 0.6) is 11.5 Å². The van der Waals surface area contributed by atoms with Gasteiger partial charge in [0, 0.05) is 30.5 Å². The summed E-state index contributed by atoms with van der Waals surface area (Å²) in [6.45, 7) is 2.63. The zero-order chi connectivity index (χ0) is 16.8. The number of carbonyl (C=O) groups is 1. The van der Waals surface area contributed by atoms with Gasteiger partial charge in [-0.15, -0.1) is 0 Å². The molecule has 0 saturated heterocycles. The molecule has 3 aromatic rings. The summed E-state index contributed by atoms with van der Waals surface area (Å²) in [5.74, 6) is 1.25. The van der Waals surface area contributed by atoms with Gasteiger partial charge < -0.3 is 14.6 Å². The molecule has 5 nitrogen and oxygen atoms in total. The minimum atomic E-state index is -0.124. The van der Waals surface area contributed by atoms with Crippen molar-refractivity contribution >= 4 is 5.91 Å². The first kappa shape index (κ1) is 15.8. The molecule has 1 atom stereocenters. The number of benzene rings is 2. The van der Waals surface area contributed by atoms with E-state index in [1.54, 1.807) is 24.7 Å². The van der Waals surface area contributed by atoms with Crippen molar-refractivity contribution in [2.24, 2.45) is 0 Å². The number of amides is 1. The molecular formula is C19H19N3O2. The smallest absolute Gasteiger partial charge is 0.251 e. The van der Waals surface area contributed by atoms with Gasteiger partial charge in [0.2, 0.25) is 0 Å². The second-order valence-electron chi connectivity index (χ2n) is 5.58. The minimum absolute atomic E-state index is 0.00889. The Kier molecular flexibility index (Phi) is 4.91. The van der Waals surface area contributed by atoms with Crippen molar-refractivity contribution < 1.29 is 9.53 Å². The minimum Gasteiger partial charge on any atom is -0.457 e. The summed E-state index contributed by atoms with van der Waals surface area (Å²) in [4.78, 5) is 16.4. The lowest BCUT2D eigenvalue weighted by molar-refractivity contribution is 0.0936. The van der Waals surface area contributed by atoms with E-state index < -0.39 is 0 Å². The Labute approximate surface area is 140 Å². The Morgan fingerprint density at radius 2 is 1.96 bits per heavy atom. The van der Waals surface area contributed by atoms with Gasteiger partial charge in [-0.2, -0.15) is 0 Å². The van der Waals surface area contributed by atoms with Gasteiger partial charge in [0.25, 0.3) is 5.91 Å². The number of hydrogen-bond donors (Lipinski definition) is 1. The van der Waals surface area contributed by atoms with Crippen LogP contribution >= 0.6 is 0 Å². The van der Waals surface area contributed by atoms with Gasteiger partial charge in [-0.25, -0.2) is 4.98 Å². The highest BCUT2D eigenvalue weighted by molar-refractivity contribution is 5.94. The Bertz CT molecular complexity index is 785.